The number of aromatic nitrogens is 2. The quantitative estimate of drug-likeness (QED) is 0.323. The van der Waals surface area contributed by atoms with Crippen molar-refractivity contribution >= 4 is 44.1 Å². The maximum atomic E-state index is 14.9. The Morgan fingerprint density at radius 2 is 1.90 bits per heavy atom. The zero-order chi connectivity index (χ0) is 22.3. The number of anilines is 1. The molecule has 0 saturated carbocycles. The van der Waals surface area contributed by atoms with E-state index in [4.69, 9.17) is 11.6 Å². The Kier molecular flexibility index (Phi) is 5.81. The summed E-state index contributed by atoms with van der Waals surface area (Å²) in [4.78, 5) is 18.3. The number of benzene rings is 2. The molecule has 0 spiro atoms. The summed E-state index contributed by atoms with van der Waals surface area (Å²) in [5.74, 6) is -0.833. The molecule has 4 aromatic rings. The van der Waals surface area contributed by atoms with Gasteiger partial charge in [0.2, 0.25) is 5.56 Å². The van der Waals surface area contributed by atoms with Gasteiger partial charge in [0.05, 0.1) is 28.0 Å². The maximum absolute atomic E-state index is 14.9. The molecular weight excluding hydrogens is 488 g/mol. The number of aromatic amines is 1. The second-order valence-corrected chi connectivity index (χ2v) is 8.50. The van der Waals surface area contributed by atoms with Crippen LogP contribution in [0.5, 0.6) is 0 Å². The molecule has 2 aromatic heterocycles. The number of nitrogens with zero attached hydrogens (tertiary/aromatic N) is 1. The van der Waals surface area contributed by atoms with E-state index in [2.05, 4.69) is 31.2 Å². The molecule has 1 atom stereocenters. The smallest absolute Gasteiger partial charge is 0.247 e. The maximum Gasteiger partial charge on any atom is 0.247 e. The highest BCUT2D eigenvalue weighted by Gasteiger charge is 2.19. The third-order valence-corrected chi connectivity index (χ3v) is 6.02. The molecular formula is C23H17BrClF2N3O. The van der Waals surface area contributed by atoms with Gasteiger partial charge in [0, 0.05) is 44.9 Å². The minimum atomic E-state index is -0.481. The van der Waals surface area contributed by atoms with Gasteiger partial charge in [-0.15, -0.1) is 0 Å². The zero-order valence-electron chi connectivity index (χ0n) is 16.6. The third-order valence-electron chi connectivity index (χ3n) is 5.06. The van der Waals surface area contributed by atoms with E-state index in [1.807, 2.05) is 6.92 Å². The second kappa shape index (κ2) is 8.40. The van der Waals surface area contributed by atoms with Crippen molar-refractivity contribution in [1.82, 2.24) is 9.97 Å². The molecule has 0 radical (unpaired) electrons. The lowest BCUT2D eigenvalue weighted by atomic mass is 10.0. The van der Waals surface area contributed by atoms with Gasteiger partial charge in [-0.2, -0.15) is 0 Å². The summed E-state index contributed by atoms with van der Waals surface area (Å²) in [6.45, 7) is 3.54. The molecule has 4 rings (SSSR count). The van der Waals surface area contributed by atoms with Gasteiger partial charge in [-0.3, -0.25) is 9.78 Å². The Morgan fingerprint density at radius 1 is 1.13 bits per heavy atom. The highest BCUT2D eigenvalue weighted by Crippen LogP contribution is 2.38. The van der Waals surface area contributed by atoms with Crippen LogP contribution in [0.15, 0.2) is 57.9 Å². The lowest BCUT2D eigenvalue weighted by molar-refractivity contribution is 0.600. The zero-order valence-corrected chi connectivity index (χ0v) is 18.9. The van der Waals surface area contributed by atoms with E-state index in [9.17, 15) is 13.6 Å². The van der Waals surface area contributed by atoms with Crippen LogP contribution < -0.4 is 10.9 Å². The van der Waals surface area contributed by atoms with Crippen molar-refractivity contribution in [2.24, 2.45) is 0 Å². The monoisotopic (exact) mass is 503 g/mol. The van der Waals surface area contributed by atoms with Crippen molar-refractivity contribution in [1.29, 1.82) is 0 Å². The summed E-state index contributed by atoms with van der Waals surface area (Å²) in [6, 6.07) is 10.1. The van der Waals surface area contributed by atoms with Crippen molar-refractivity contribution in [3.8, 4) is 11.1 Å². The predicted octanol–water partition coefficient (Wildman–Crippen LogP) is 6.77. The van der Waals surface area contributed by atoms with E-state index in [0.29, 0.717) is 38.4 Å². The molecule has 0 saturated heterocycles. The largest absolute Gasteiger partial charge is 0.377 e. The first kappa shape index (κ1) is 21.5. The lowest BCUT2D eigenvalue weighted by Gasteiger charge is -2.20. The number of aryl methyl sites for hydroxylation is 1. The topological polar surface area (TPSA) is 57.8 Å². The third kappa shape index (κ3) is 4.20. The minimum absolute atomic E-state index is 0.280. The first-order valence-electron chi connectivity index (χ1n) is 9.44. The fraction of sp³-hybridized carbons (Fsp3) is 0.130. The Labute approximate surface area is 190 Å². The van der Waals surface area contributed by atoms with Crippen LogP contribution in [0.2, 0.25) is 5.02 Å². The van der Waals surface area contributed by atoms with Crippen molar-refractivity contribution < 1.29 is 8.78 Å². The average molecular weight is 505 g/mol. The van der Waals surface area contributed by atoms with Crippen LogP contribution in [-0.4, -0.2) is 9.97 Å². The fourth-order valence-corrected chi connectivity index (χ4v) is 4.04. The van der Waals surface area contributed by atoms with Crippen molar-refractivity contribution in [2.45, 2.75) is 19.9 Å². The fourth-order valence-electron chi connectivity index (χ4n) is 3.47. The summed E-state index contributed by atoms with van der Waals surface area (Å²) in [5.41, 5.74) is 2.43. The summed E-state index contributed by atoms with van der Waals surface area (Å²) < 4.78 is 30.0. The molecule has 2 heterocycles. The lowest BCUT2D eigenvalue weighted by Crippen LogP contribution is -2.10. The Bertz CT molecular complexity index is 1350. The van der Waals surface area contributed by atoms with Crippen LogP contribution in [0.25, 0.3) is 22.0 Å². The molecule has 31 heavy (non-hydrogen) atoms. The number of halogens is 4. The number of pyridine rings is 2. The molecule has 0 bridgehead atoms. The molecule has 1 unspecified atom stereocenters. The summed E-state index contributed by atoms with van der Waals surface area (Å²) in [5, 5.41) is 4.23. The molecule has 0 aliphatic rings. The van der Waals surface area contributed by atoms with E-state index in [1.54, 1.807) is 31.2 Å². The number of rotatable bonds is 4. The molecule has 158 valence electrons. The van der Waals surface area contributed by atoms with E-state index in [-0.39, 0.29) is 16.9 Å². The standard InChI is InChI=1S/C23H17BrClF2N3O/c1-11(15-7-14(24)4-5-18(15)26)30-23-17-8-16(13-3-6-21(31)28-10-13)19(27)9-20(17)29-12(2)22(23)25/h3-11H,1-2H3,(H,28,31)(H,29,30). The van der Waals surface area contributed by atoms with Gasteiger partial charge >= 0.3 is 0 Å². The average Bonchev–Trinajstić information content (AvgIpc) is 2.73. The van der Waals surface area contributed by atoms with Gasteiger partial charge in [0.25, 0.3) is 0 Å². The van der Waals surface area contributed by atoms with Crippen LogP contribution in [0.4, 0.5) is 14.5 Å². The first-order valence-corrected chi connectivity index (χ1v) is 10.6. The first-order chi connectivity index (χ1) is 14.7. The molecule has 4 nitrogen and oxygen atoms in total. The molecule has 0 amide bonds. The normalized spacial score (nSPS) is 12.2. The Balaban J connectivity index is 1.88. The minimum Gasteiger partial charge on any atom is -0.377 e. The van der Waals surface area contributed by atoms with Gasteiger partial charge in [-0.25, -0.2) is 8.78 Å². The molecule has 0 aliphatic carbocycles. The SMILES string of the molecule is Cc1nc2cc(F)c(-c3ccc(=O)[nH]c3)cc2c(NC(C)c2cc(Br)ccc2F)c1Cl. The molecule has 2 N–H and O–H groups in total. The highest BCUT2D eigenvalue weighted by molar-refractivity contribution is 9.10. The van der Waals surface area contributed by atoms with Gasteiger partial charge in [0.15, 0.2) is 0 Å². The number of hydrogen-bond donors (Lipinski definition) is 2. The second-order valence-electron chi connectivity index (χ2n) is 7.21. The van der Waals surface area contributed by atoms with Crippen LogP contribution in [-0.2, 0) is 0 Å². The van der Waals surface area contributed by atoms with E-state index in [1.165, 1.54) is 24.4 Å². The van der Waals surface area contributed by atoms with Crippen LogP contribution in [0.1, 0.15) is 24.2 Å². The van der Waals surface area contributed by atoms with E-state index in [0.717, 1.165) is 4.47 Å². The Morgan fingerprint density at radius 3 is 2.61 bits per heavy atom. The van der Waals surface area contributed by atoms with Gasteiger partial charge in [-0.05, 0) is 44.2 Å². The molecule has 0 fully saturated rings. The van der Waals surface area contributed by atoms with Crippen LogP contribution in [0.3, 0.4) is 0 Å². The van der Waals surface area contributed by atoms with Gasteiger partial charge in [-0.1, -0.05) is 27.5 Å². The predicted molar refractivity (Wildman–Crippen MR) is 124 cm³/mol. The van der Waals surface area contributed by atoms with E-state index < -0.39 is 11.9 Å². The highest BCUT2D eigenvalue weighted by atomic mass is 79.9. The summed E-state index contributed by atoms with van der Waals surface area (Å²) in [7, 11) is 0. The number of fused-ring (bicyclic) bond motifs is 1. The van der Waals surface area contributed by atoms with Crippen molar-refractivity contribution in [3.63, 3.8) is 0 Å². The summed E-state index contributed by atoms with van der Waals surface area (Å²) >= 11 is 9.93. The van der Waals surface area contributed by atoms with Crippen LogP contribution >= 0.6 is 27.5 Å². The molecule has 0 aliphatic heterocycles. The van der Waals surface area contributed by atoms with Crippen molar-refractivity contribution in [3.05, 3.63) is 91.4 Å². The number of hydrogen-bond acceptors (Lipinski definition) is 3. The molecule has 8 heteroatoms. The Hall–Kier alpha value is -2.77. The van der Waals surface area contributed by atoms with E-state index >= 15 is 0 Å². The number of H-pyrrole nitrogens is 1. The van der Waals surface area contributed by atoms with Crippen LogP contribution in [0, 0.1) is 18.6 Å². The van der Waals surface area contributed by atoms with Gasteiger partial charge in [0.1, 0.15) is 11.6 Å². The molecule has 2 aromatic carbocycles. The van der Waals surface area contributed by atoms with Crippen molar-refractivity contribution in [2.75, 3.05) is 5.32 Å². The number of nitrogens with one attached hydrogen (secondary N) is 2. The van der Waals surface area contributed by atoms with Gasteiger partial charge < -0.3 is 10.3 Å². The summed E-state index contributed by atoms with van der Waals surface area (Å²) in [6.07, 6.45) is 1.45.